The molecule has 0 aliphatic carbocycles. The third kappa shape index (κ3) is 4.79. The summed E-state index contributed by atoms with van der Waals surface area (Å²) in [6.45, 7) is 2.83. The number of aromatic nitrogens is 2. The van der Waals surface area contributed by atoms with Gasteiger partial charge in [0.05, 0.1) is 12.8 Å². The molecule has 2 rings (SSSR count). The molecule has 1 amide bonds. The number of rotatable bonds is 7. The van der Waals surface area contributed by atoms with Crippen LogP contribution in [0.2, 0.25) is 0 Å². The van der Waals surface area contributed by atoms with Crippen LogP contribution in [0.4, 0.5) is 0 Å². The number of benzene rings is 1. The summed E-state index contributed by atoms with van der Waals surface area (Å²) in [7, 11) is 1.87. The van der Waals surface area contributed by atoms with E-state index in [0.29, 0.717) is 13.1 Å². The van der Waals surface area contributed by atoms with Crippen molar-refractivity contribution >= 4 is 12.0 Å². The van der Waals surface area contributed by atoms with Gasteiger partial charge in [-0.15, -0.1) is 0 Å². The average Bonchev–Trinajstić information content (AvgIpc) is 2.89. The van der Waals surface area contributed by atoms with E-state index in [9.17, 15) is 9.90 Å². The fourth-order valence-electron chi connectivity index (χ4n) is 2.31. The first-order valence-corrected chi connectivity index (χ1v) is 7.72. The number of carbonyl (C=O) groups excluding carboxylic acids is 1. The minimum absolute atomic E-state index is 0.0414. The molecule has 0 fully saturated rings. The lowest BCUT2D eigenvalue weighted by Gasteiger charge is -2.20. The molecular weight excluding hydrogens is 290 g/mol. The maximum atomic E-state index is 12.3. The van der Waals surface area contributed by atoms with Crippen molar-refractivity contribution < 1.29 is 9.90 Å². The van der Waals surface area contributed by atoms with Crippen molar-refractivity contribution in [2.24, 2.45) is 7.05 Å². The number of hydrogen-bond donors (Lipinski definition) is 1. The Bertz CT molecular complexity index is 662. The average molecular weight is 313 g/mol. The van der Waals surface area contributed by atoms with Crippen molar-refractivity contribution in [1.29, 1.82) is 0 Å². The Morgan fingerprint density at radius 1 is 1.30 bits per heavy atom. The first kappa shape index (κ1) is 17.0. The molecule has 1 aromatic carbocycles. The van der Waals surface area contributed by atoms with E-state index in [1.165, 1.54) is 5.56 Å². The number of aliphatic hydroxyl groups is 1. The van der Waals surface area contributed by atoms with Crippen LogP contribution >= 0.6 is 0 Å². The van der Waals surface area contributed by atoms with Crippen molar-refractivity contribution in [1.82, 2.24) is 14.7 Å². The molecule has 5 nitrogen and oxygen atoms in total. The van der Waals surface area contributed by atoms with Crippen LogP contribution in [0.1, 0.15) is 16.8 Å². The minimum atomic E-state index is -0.0989. The Morgan fingerprint density at radius 3 is 2.65 bits per heavy atom. The van der Waals surface area contributed by atoms with Crippen molar-refractivity contribution in [3.05, 3.63) is 59.4 Å². The summed E-state index contributed by atoms with van der Waals surface area (Å²) in [6, 6.07) is 10.0. The van der Waals surface area contributed by atoms with Crippen LogP contribution in [0, 0.1) is 6.92 Å². The van der Waals surface area contributed by atoms with Crippen molar-refractivity contribution in [3.8, 4) is 0 Å². The topological polar surface area (TPSA) is 58.4 Å². The number of hydrogen-bond acceptors (Lipinski definition) is 3. The monoisotopic (exact) mass is 313 g/mol. The fraction of sp³-hybridized carbons (Fsp3) is 0.333. The van der Waals surface area contributed by atoms with E-state index in [1.54, 1.807) is 27.9 Å². The smallest absolute Gasteiger partial charge is 0.246 e. The van der Waals surface area contributed by atoms with Crippen LogP contribution in [0.3, 0.4) is 0 Å². The van der Waals surface area contributed by atoms with Gasteiger partial charge in [0.25, 0.3) is 0 Å². The Morgan fingerprint density at radius 2 is 2.04 bits per heavy atom. The molecule has 0 radical (unpaired) electrons. The fourth-order valence-corrected chi connectivity index (χ4v) is 2.31. The van der Waals surface area contributed by atoms with Crippen LogP contribution in [0.15, 0.2) is 42.6 Å². The molecule has 0 unspecified atom stereocenters. The molecule has 1 aromatic heterocycles. The van der Waals surface area contributed by atoms with Crippen LogP contribution in [-0.2, 0) is 18.3 Å². The molecule has 0 saturated heterocycles. The van der Waals surface area contributed by atoms with Gasteiger partial charge in [0.2, 0.25) is 5.91 Å². The first-order valence-electron chi connectivity index (χ1n) is 7.72. The molecule has 0 aliphatic heterocycles. The van der Waals surface area contributed by atoms with E-state index >= 15 is 0 Å². The van der Waals surface area contributed by atoms with Gasteiger partial charge in [0.1, 0.15) is 0 Å². The molecule has 122 valence electrons. The highest BCUT2D eigenvalue weighted by Gasteiger charge is 2.10. The number of nitrogens with zero attached hydrogens (tertiary/aromatic N) is 3. The Balaban J connectivity index is 1.99. The van der Waals surface area contributed by atoms with Crippen LogP contribution in [0.5, 0.6) is 0 Å². The quantitative estimate of drug-likeness (QED) is 0.793. The summed E-state index contributed by atoms with van der Waals surface area (Å²) in [5, 5.41) is 13.3. The van der Waals surface area contributed by atoms with Crippen molar-refractivity contribution in [2.45, 2.75) is 13.3 Å². The summed E-state index contributed by atoms with van der Waals surface area (Å²) in [5.74, 6) is -0.0989. The standard InChI is InChI=1S/C18H23N3O2/c1-15-17(14-19-20(15)2)8-9-18(23)21(12-13-22)11-10-16-6-4-3-5-7-16/h3-9,14,22H,10-13H2,1-2H3/b9-8+. The second kappa shape index (κ2) is 8.29. The molecule has 1 N–H and O–H groups in total. The van der Waals surface area contributed by atoms with Gasteiger partial charge in [-0.05, 0) is 25.0 Å². The lowest BCUT2D eigenvalue weighted by Crippen LogP contribution is -2.34. The van der Waals surface area contributed by atoms with Gasteiger partial charge in [0, 0.05) is 37.5 Å². The van der Waals surface area contributed by atoms with Crippen molar-refractivity contribution in [3.63, 3.8) is 0 Å². The van der Waals surface area contributed by atoms with E-state index in [0.717, 1.165) is 17.7 Å². The Kier molecular flexibility index (Phi) is 6.11. The highest BCUT2D eigenvalue weighted by molar-refractivity contribution is 5.91. The zero-order chi connectivity index (χ0) is 16.7. The van der Waals surface area contributed by atoms with Gasteiger partial charge >= 0.3 is 0 Å². The second-order valence-electron chi connectivity index (χ2n) is 5.43. The lowest BCUT2D eigenvalue weighted by atomic mass is 10.1. The molecular formula is C18H23N3O2. The molecule has 5 heteroatoms. The van der Waals surface area contributed by atoms with Crippen LogP contribution < -0.4 is 0 Å². The molecule has 0 bridgehead atoms. The lowest BCUT2D eigenvalue weighted by molar-refractivity contribution is -0.126. The van der Waals surface area contributed by atoms with Gasteiger partial charge in [-0.2, -0.15) is 5.10 Å². The first-order chi connectivity index (χ1) is 11.1. The number of carbonyl (C=O) groups is 1. The third-order valence-electron chi connectivity index (χ3n) is 3.87. The van der Waals surface area contributed by atoms with Gasteiger partial charge in [-0.1, -0.05) is 30.3 Å². The van der Waals surface area contributed by atoms with Gasteiger partial charge < -0.3 is 10.0 Å². The summed E-state index contributed by atoms with van der Waals surface area (Å²) in [6.07, 6.45) is 5.83. The maximum Gasteiger partial charge on any atom is 0.246 e. The van der Waals surface area contributed by atoms with Crippen LogP contribution in [0.25, 0.3) is 6.08 Å². The number of aliphatic hydroxyl groups excluding tert-OH is 1. The van der Waals surface area contributed by atoms with Crippen molar-refractivity contribution in [2.75, 3.05) is 19.7 Å². The molecule has 1 heterocycles. The van der Waals surface area contributed by atoms with E-state index in [1.807, 2.05) is 44.3 Å². The summed E-state index contributed by atoms with van der Waals surface area (Å²) in [5.41, 5.74) is 3.11. The highest BCUT2D eigenvalue weighted by atomic mass is 16.3. The molecule has 0 spiro atoms. The zero-order valence-corrected chi connectivity index (χ0v) is 13.6. The summed E-state index contributed by atoms with van der Waals surface area (Å²) in [4.78, 5) is 14.0. The number of amides is 1. The van der Waals surface area contributed by atoms with E-state index in [4.69, 9.17) is 0 Å². The normalized spacial score (nSPS) is 11.1. The molecule has 0 saturated carbocycles. The SMILES string of the molecule is Cc1c(/C=C/C(=O)N(CCO)CCc2ccccc2)cnn1C. The Labute approximate surface area is 136 Å². The van der Waals surface area contributed by atoms with Gasteiger partial charge in [0.15, 0.2) is 0 Å². The van der Waals surface area contributed by atoms with Crippen LogP contribution in [-0.4, -0.2) is 45.4 Å². The summed E-state index contributed by atoms with van der Waals surface area (Å²) < 4.78 is 1.77. The predicted octanol–water partition coefficient (Wildman–Crippen LogP) is 1.81. The highest BCUT2D eigenvalue weighted by Crippen LogP contribution is 2.08. The maximum absolute atomic E-state index is 12.3. The van der Waals surface area contributed by atoms with E-state index in [-0.39, 0.29) is 12.5 Å². The van der Waals surface area contributed by atoms with Gasteiger partial charge in [-0.25, -0.2) is 0 Å². The molecule has 0 aliphatic rings. The largest absolute Gasteiger partial charge is 0.395 e. The molecule has 2 aromatic rings. The summed E-state index contributed by atoms with van der Waals surface area (Å²) >= 11 is 0. The minimum Gasteiger partial charge on any atom is -0.395 e. The Hall–Kier alpha value is -2.40. The predicted molar refractivity (Wildman–Crippen MR) is 90.8 cm³/mol. The zero-order valence-electron chi connectivity index (χ0n) is 13.6. The van der Waals surface area contributed by atoms with Gasteiger partial charge in [-0.3, -0.25) is 9.48 Å². The third-order valence-corrected chi connectivity index (χ3v) is 3.87. The molecule has 23 heavy (non-hydrogen) atoms. The van der Waals surface area contributed by atoms with E-state index < -0.39 is 0 Å². The van der Waals surface area contributed by atoms with E-state index in [2.05, 4.69) is 5.10 Å². The second-order valence-corrected chi connectivity index (χ2v) is 5.43. The number of aryl methyl sites for hydroxylation is 1. The molecule has 0 atom stereocenters.